The molecule has 6 N–H and O–H groups in total. The van der Waals surface area contributed by atoms with Gasteiger partial charge in [-0.05, 0) is 83.9 Å². The van der Waals surface area contributed by atoms with Crippen LogP contribution < -0.4 is 10.6 Å². The highest BCUT2D eigenvalue weighted by atomic mass is 16.4. The maximum atomic E-state index is 13.3. The molecule has 4 rings (SSSR count). The molecule has 0 aliphatic carbocycles. The van der Waals surface area contributed by atoms with Gasteiger partial charge in [0.2, 0.25) is 0 Å². The van der Waals surface area contributed by atoms with Crippen molar-refractivity contribution in [3.8, 4) is 22.6 Å². The van der Waals surface area contributed by atoms with Crippen molar-refractivity contribution in [1.82, 2.24) is 0 Å². The summed E-state index contributed by atoms with van der Waals surface area (Å²) >= 11 is 0. The number of rotatable bonds is 7. The average molecular weight is 512 g/mol. The van der Waals surface area contributed by atoms with Crippen molar-refractivity contribution in [1.29, 1.82) is 0 Å². The Balaban J connectivity index is 1.76. The van der Waals surface area contributed by atoms with Crippen molar-refractivity contribution in [2.45, 2.75) is 0 Å². The molecule has 0 saturated heterocycles. The van der Waals surface area contributed by atoms with E-state index in [-0.39, 0.29) is 22.6 Å². The number of amides is 2. The third kappa shape index (κ3) is 5.60. The van der Waals surface area contributed by atoms with Gasteiger partial charge in [0, 0.05) is 11.4 Å². The molecule has 0 aromatic heterocycles. The van der Waals surface area contributed by atoms with E-state index in [2.05, 4.69) is 10.6 Å². The lowest BCUT2D eigenvalue weighted by Crippen LogP contribution is -2.20. The Hall–Kier alpha value is -5.64. The number of nitrogens with one attached hydrogen (secondary N) is 2. The predicted molar refractivity (Wildman–Crippen MR) is 138 cm³/mol. The lowest BCUT2D eigenvalue weighted by Gasteiger charge is -2.14. The summed E-state index contributed by atoms with van der Waals surface area (Å²) < 4.78 is 0. The third-order valence-electron chi connectivity index (χ3n) is 5.57. The van der Waals surface area contributed by atoms with Crippen molar-refractivity contribution in [2.24, 2.45) is 0 Å². The molecule has 0 saturated carbocycles. The van der Waals surface area contributed by atoms with E-state index in [1.165, 1.54) is 78.9 Å². The lowest BCUT2D eigenvalue weighted by atomic mass is 9.95. The number of aromatic carboxylic acids is 2. The van der Waals surface area contributed by atoms with Crippen molar-refractivity contribution in [2.75, 3.05) is 10.6 Å². The Morgan fingerprint density at radius 2 is 0.868 bits per heavy atom. The van der Waals surface area contributed by atoms with E-state index >= 15 is 0 Å². The lowest BCUT2D eigenvalue weighted by molar-refractivity contribution is 0.0651. The monoisotopic (exact) mass is 512 g/mol. The molecule has 0 heterocycles. The number of carbonyl (C=O) groups excluding carboxylic acids is 2. The van der Waals surface area contributed by atoms with E-state index in [1.54, 1.807) is 0 Å². The van der Waals surface area contributed by atoms with Gasteiger partial charge in [-0.3, -0.25) is 9.59 Å². The van der Waals surface area contributed by atoms with Gasteiger partial charge >= 0.3 is 11.9 Å². The first-order valence-electron chi connectivity index (χ1n) is 11.1. The van der Waals surface area contributed by atoms with Gasteiger partial charge in [0.05, 0.1) is 22.3 Å². The highest BCUT2D eigenvalue weighted by Gasteiger charge is 2.21. The minimum absolute atomic E-state index is 0.00119. The van der Waals surface area contributed by atoms with Crippen molar-refractivity contribution in [3.05, 3.63) is 107 Å². The molecule has 0 atom stereocenters. The second-order valence-corrected chi connectivity index (χ2v) is 8.13. The minimum atomic E-state index is -1.43. The second-order valence-electron chi connectivity index (χ2n) is 8.13. The van der Waals surface area contributed by atoms with Crippen LogP contribution in [0.25, 0.3) is 11.1 Å². The fraction of sp³-hybridized carbons (Fsp3) is 0. The molecule has 4 aromatic rings. The Morgan fingerprint density at radius 3 is 1.32 bits per heavy atom. The summed E-state index contributed by atoms with van der Waals surface area (Å²) in [4.78, 5) is 49.4. The Morgan fingerprint density at radius 1 is 0.474 bits per heavy atom. The third-order valence-corrected chi connectivity index (χ3v) is 5.57. The molecule has 0 bridgehead atoms. The highest BCUT2D eigenvalue weighted by Crippen LogP contribution is 2.27. The van der Waals surface area contributed by atoms with Crippen molar-refractivity contribution >= 4 is 35.1 Å². The summed E-state index contributed by atoms with van der Waals surface area (Å²) in [5.74, 6) is -4.10. The number of aromatic hydroxyl groups is 2. The molecule has 4 aromatic carbocycles. The van der Waals surface area contributed by atoms with Crippen LogP contribution in [-0.4, -0.2) is 44.2 Å². The van der Waals surface area contributed by atoms with E-state index < -0.39 is 34.9 Å². The van der Waals surface area contributed by atoms with E-state index in [4.69, 9.17) is 0 Å². The predicted octanol–water partition coefficient (Wildman–Crippen LogP) is 4.67. The molecular formula is C28H20N2O8. The van der Waals surface area contributed by atoms with Gasteiger partial charge in [0.1, 0.15) is 11.5 Å². The van der Waals surface area contributed by atoms with Gasteiger partial charge in [0.15, 0.2) is 0 Å². The molecule has 0 fully saturated rings. The van der Waals surface area contributed by atoms with Gasteiger partial charge in [0.25, 0.3) is 11.8 Å². The van der Waals surface area contributed by atoms with Crippen LogP contribution in [-0.2, 0) is 0 Å². The van der Waals surface area contributed by atoms with Crippen molar-refractivity contribution in [3.63, 3.8) is 0 Å². The number of anilines is 2. The minimum Gasteiger partial charge on any atom is -0.508 e. The standard InChI is InChI=1S/C28H20N2O8/c31-19-7-3-17(4-8-19)29-25(33)21-11-1-15(16-2-12-22(27(35)36)24(14-16)28(37)38)13-23(21)26(34)30-18-5-9-20(32)10-6-18/h1-14,31-32H,(H,29,33)(H,30,34)(H,35,36)(H,37,38). The van der Waals surface area contributed by atoms with Crippen LogP contribution in [0.3, 0.4) is 0 Å². The van der Waals surface area contributed by atoms with E-state index in [9.17, 15) is 39.6 Å². The average Bonchev–Trinajstić information content (AvgIpc) is 2.90. The Kier molecular flexibility index (Phi) is 7.06. The topological polar surface area (TPSA) is 173 Å². The smallest absolute Gasteiger partial charge is 0.336 e. The number of benzene rings is 4. The Bertz CT molecular complexity index is 1560. The summed E-state index contributed by atoms with van der Waals surface area (Å²) in [6.45, 7) is 0. The number of hydrogen-bond acceptors (Lipinski definition) is 6. The van der Waals surface area contributed by atoms with Crippen molar-refractivity contribution < 1.29 is 39.6 Å². The largest absolute Gasteiger partial charge is 0.508 e. The summed E-state index contributed by atoms with van der Waals surface area (Å²) in [7, 11) is 0. The van der Waals surface area contributed by atoms with Crippen LogP contribution >= 0.6 is 0 Å². The SMILES string of the molecule is O=C(O)c1ccc(-c2ccc(C(=O)Nc3ccc(O)cc3)c(C(=O)Nc3ccc(O)cc3)c2)cc1C(=O)O. The van der Waals surface area contributed by atoms with E-state index in [0.717, 1.165) is 6.07 Å². The summed E-state index contributed by atoms with van der Waals surface area (Å²) in [5, 5.41) is 43.0. The van der Waals surface area contributed by atoms with Gasteiger partial charge < -0.3 is 31.1 Å². The highest BCUT2D eigenvalue weighted by molar-refractivity contribution is 6.16. The maximum Gasteiger partial charge on any atom is 0.336 e. The molecule has 2 amide bonds. The number of carboxylic acids is 2. The second kappa shape index (κ2) is 10.5. The normalized spacial score (nSPS) is 10.4. The number of carbonyl (C=O) groups is 4. The first-order valence-corrected chi connectivity index (χ1v) is 11.1. The van der Waals surface area contributed by atoms with Crippen LogP contribution in [0.4, 0.5) is 11.4 Å². The number of phenols is 2. The number of carboxylic acid groups (broad SMARTS) is 2. The molecule has 0 aliphatic heterocycles. The first-order chi connectivity index (χ1) is 18.1. The quantitative estimate of drug-likeness (QED) is 0.194. The van der Waals surface area contributed by atoms with Crippen LogP contribution in [0.15, 0.2) is 84.9 Å². The zero-order valence-electron chi connectivity index (χ0n) is 19.5. The summed E-state index contributed by atoms with van der Waals surface area (Å²) in [5.41, 5.74) is 0.526. The molecule has 38 heavy (non-hydrogen) atoms. The Labute approximate surface area is 215 Å². The fourth-order valence-electron chi connectivity index (χ4n) is 3.68. The number of hydrogen-bond donors (Lipinski definition) is 6. The zero-order chi connectivity index (χ0) is 27.4. The first kappa shape index (κ1) is 25.5. The number of phenolic OH excluding ortho intramolecular Hbond substituents is 2. The van der Waals surface area contributed by atoms with E-state index in [1.807, 2.05) is 0 Å². The summed E-state index contributed by atoms with van der Waals surface area (Å²) in [6.07, 6.45) is 0. The molecular weight excluding hydrogens is 492 g/mol. The molecule has 0 aliphatic rings. The molecule has 10 heteroatoms. The summed E-state index contributed by atoms with van der Waals surface area (Å²) in [6, 6.07) is 19.5. The van der Waals surface area contributed by atoms with Crippen LogP contribution in [0.5, 0.6) is 11.5 Å². The molecule has 0 unspecified atom stereocenters. The van der Waals surface area contributed by atoms with Gasteiger partial charge in [-0.25, -0.2) is 9.59 Å². The van der Waals surface area contributed by atoms with E-state index in [0.29, 0.717) is 22.5 Å². The molecule has 10 nitrogen and oxygen atoms in total. The van der Waals surface area contributed by atoms with Gasteiger partial charge in [-0.1, -0.05) is 12.1 Å². The fourth-order valence-corrected chi connectivity index (χ4v) is 3.68. The zero-order valence-corrected chi connectivity index (χ0v) is 19.5. The van der Waals surface area contributed by atoms with Crippen LogP contribution in [0, 0.1) is 0 Å². The van der Waals surface area contributed by atoms with Gasteiger partial charge in [-0.15, -0.1) is 0 Å². The van der Waals surface area contributed by atoms with Crippen LogP contribution in [0.1, 0.15) is 41.4 Å². The molecule has 0 radical (unpaired) electrons. The molecule has 0 spiro atoms. The maximum absolute atomic E-state index is 13.3. The van der Waals surface area contributed by atoms with Gasteiger partial charge in [-0.2, -0.15) is 0 Å². The molecule has 190 valence electrons. The van der Waals surface area contributed by atoms with Crippen LogP contribution in [0.2, 0.25) is 0 Å².